The van der Waals surface area contributed by atoms with E-state index in [1.807, 2.05) is 45.0 Å². The smallest absolute Gasteiger partial charge is 0.272 e. The van der Waals surface area contributed by atoms with Crippen LogP contribution in [0.15, 0.2) is 70.8 Å². The Labute approximate surface area is 164 Å². The monoisotopic (exact) mass is 374 g/mol. The molecule has 5 nitrogen and oxygen atoms in total. The third kappa shape index (κ3) is 4.98. The molecule has 0 aliphatic rings. The van der Waals surface area contributed by atoms with E-state index in [1.54, 1.807) is 36.4 Å². The number of benzene rings is 2. The van der Waals surface area contributed by atoms with Crippen LogP contribution in [0.5, 0.6) is 0 Å². The number of hydrogen-bond donors (Lipinski definition) is 2. The summed E-state index contributed by atoms with van der Waals surface area (Å²) < 4.78 is 5.53. The molecule has 1 heterocycles. The van der Waals surface area contributed by atoms with Gasteiger partial charge in [-0.3, -0.25) is 9.59 Å². The maximum absolute atomic E-state index is 12.8. The van der Waals surface area contributed by atoms with E-state index in [0.29, 0.717) is 17.0 Å². The lowest BCUT2D eigenvalue weighted by Crippen LogP contribution is -2.30. The first kappa shape index (κ1) is 19.2. The summed E-state index contributed by atoms with van der Waals surface area (Å²) in [4.78, 5) is 25.5. The molecular formula is C23H22N2O3. The predicted octanol–water partition coefficient (Wildman–Crippen LogP) is 4.61. The quantitative estimate of drug-likeness (QED) is 0.641. The summed E-state index contributed by atoms with van der Waals surface area (Å²) >= 11 is 0. The summed E-state index contributed by atoms with van der Waals surface area (Å²) in [6.45, 7) is 5.66. The van der Waals surface area contributed by atoms with Gasteiger partial charge in [0.2, 0.25) is 0 Å². The van der Waals surface area contributed by atoms with Crippen LogP contribution in [0, 0.1) is 20.8 Å². The third-order valence-electron chi connectivity index (χ3n) is 4.10. The van der Waals surface area contributed by atoms with Crippen LogP contribution in [0.2, 0.25) is 0 Å². The maximum atomic E-state index is 12.8. The number of carbonyl (C=O) groups excluding carboxylic acids is 2. The fraction of sp³-hybridized carbons (Fsp3) is 0.130. The van der Waals surface area contributed by atoms with Gasteiger partial charge in [0.25, 0.3) is 11.8 Å². The average molecular weight is 374 g/mol. The highest BCUT2D eigenvalue weighted by Gasteiger charge is 2.16. The van der Waals surface area contributed by atoms with E-state index in [0.717, 1.165) is 16.9 Å². The molecule has 3 rings (SSSR count). The zero-order valence-electron chi connectivity index (χ0n) is 16.1. The van der Waals surface area contributed by atoms with Gasteiger partial charge in [-0.15, -0.1) is 0 Å². The van der Waals surface area contributed by atoms with Crippen molar-refractivity contribution in [2.45, 2.75) is 20.8 Å². The minimum Gasteiger partial charge on any atom is -0.462 e. The summed E-state index contributed by atoms with van der Waals surface area (Å²) in [6, 6.07) is 18.2. The molecule has 0 bridgehead atoms. The van der Waals surface area contributed by atoms with Gasteiger partial charge in [-0.25, -0.2) is 0 Å². The molecule has 0 saturated carbocycles. The molecule has 2 N–H and O–H groups in total. The first-order chi connectivity index (χ1) is 13.4. The van der Waals surface area contributed by atoms with Crippen LogP contribution in [0.1, 0.15) is 33.0 Å². The fourth-order valence-corrected chi connectivity index (χ4v) is 2.73. The largest absolute Gasteiger partial charge is 0.462 e. The average Bonchev–Trinajstić information content (AvgIpc) is 3.06. The molecule has 0 radical (unpaired) electrons. The number of hydrogen-bond acceptors (Lipinski definition) is 3. The lowest BCUT2D eigenvalue weighted by Gasteiger charge is -2.11. The van der Waals surface area contributed by atoms with Crippen molar-refractivity contribution in [3.8, 4) is 0 Å². The second-order valence-electron chi connectivity index (χ2n) is 6.65. The molecule has 0 unspecified atom stereocenters. The molecule has 1 aromatic heterocycles. The van der Waals surface area contributed by atoms with Gasteiger partial charge in [-0.2, -0.15) is 0 Å². The zero-order chi connectivity index (χ0) is 20.1. The minimum absolute atomic E-state index is 0.0994. The van der Waals surface area contributed by atoms with Gasteiger partial charge in [-0.05, 0) is 62.7 Å². The molecule has 0 atom stereocenters. The number of amides is 2. The van der Waals surface area contributed by atoms with E-state index in [-0.39, 0.29) is 11.6 Å². The van der Waals surface area contributed by atoms with E-state index in [9.17, 15) is 9.59 Å². The van der Waals surface area contributed by atoms with Gasteiger partial charge < -0.3 is 15.1 Å². The van der Waals surface area contributed by atoms with Gasteiger partial charge in [0.15, 0.2) is 0 Å². The highest BCUT2D eigenvalue weighted by atomic mass is 16.3. The SMILES string of the molecule is Cc1cccc(NC(=O)/C(=C\c2ccc(C)o2)NC(=O)c2cccc(C)c2)c1. The van der Waals surface area contributed by atoms with Crippen molar-refractivity contribution in [1.82, 2.24) is 5.32 Å². The molecular weight excluding hydrogens is 352 g/mol. The third-order valence-corrected chi connectivity index (χ3v) is 4.10. The molecule has 5 heteroatoms. The van der Waals surface area contributed by atoms with Crippen LogP contribution in [0.4, 0.5) is 5.69 Å². The van der Waals surface area contributed by atoms with E-state index < -0.39 is 5.91 Å². The van der Waals surface area contributed by atoms with Crippen molar-refractivity contribution >= 4 is 23.6 Å². The van der Waals surface area contributed by atoms with E-state index >= 15 is 0 Å². The molecule has 28 heavy (non-hydrogen) atoms. The van der Waals surface area contributed by atoms with Crippen LogP contribution in [-0.4, -0.2) is 11.8 Å². The molecule has 0 saturated heterocycles. The summed E-state index contributed by atoms with van der Waals surface area (Å²) in [6.07, 6.45) is 1.52. The fourth-order valence-electron chi connectivity index (χ4n) is 2.73. The summed E-state index contributed by atoms with van der Waals surface area (Å²) in [7, 11) is 0. The first-order valence-electron chi connectivity index (χ1n) is 8.95. The van der Waals surface area contributed by atoms with Gasteiger partial charge >= 0.3 is 0 Å². The molecule has 2 aromatic carbocycles. The van der Waals surface area contributed by atoms with Gasteiger partial charge in [-0.1, -0.05) is 29.8 Å². The van der Waals surface area contributed by atoms with Gasteiger partial charge in [0, 0.05) is 17.3 Å². The van der Waals surface area contributed by atoms with E-state index in [2.05, 4.69) is 10.6 Å². The first-order valence-corrected chi connectivity index (χ1v) is 8.95. The summed E-state index contributed by atoms with van der Waals surface area (Å²) in [5, 5.41) is 5.52. The van der Waals surface area contributed by atoms with Crippen molar-refractivity contribution in [3.63, 3.8) is 0 Å². The molecule has 2 amide bonds. The Hall–Kier alpha value is -3.60. The number of aryl methyl sites for hydroxylation is 3. The Balaban J connectivity index is 1.87. The normalized spacial score (nSPS) is 11.2. The van der Waals surface area contributed by atoms with Gasteiger partial charge in [0.05, 0.1) is 0 Å². The second kappa shape index (κ2) is 8.39. The number of rotatable bonds is 5. The highest BCUT2D eigenvalue weighted by Crippen LogP contribution is 2.14. The number of furan rings is 1. The van der Waals surface area contributed by atoms with Crippen molar-refractivity contribution in [2.75, 3.05) is 5.32 Å². The molecule has 142 valence electrons. The van der Waals surface area contributed by atoms with Crippen molar-refractivity contribution < 1.29 is 14.0 Å². The molecule has 0 fully saturated rings. The summed E-state index contributed by atoms with van der Waals surface area (Å²) in [5.41, 5.74) is 3.21. The van der Waals surface area contributed by atoms with Crippen molar-refractivity contribution in [2.24, 2.45) is 0 Å². The van der Waals surface area contributed by atoms with Crippen molar-refractivity contribution in [3.05, 3.63) is 94.6 Å². The van der Waals surface area contributed by atoms with Crippen LogP contribution < -0.4 is 10.6 Å². The number of carbonyl (C=O) groups is 2. The second-order valence-corrected chi connectivity index (χ2v) is 6.65. The highest BCUT2D eigenvalue weighted by molar-refractivity contribution is 6.10. The predicted molar refractivity (Wildman–Crippen MR) is 110 cm³/mol. The Morgan fingerprint density at radius 3 is 2.25 bits per heavy atom. The maximum Gasteiger partial charge on any atom is 0.272 e. The van der Waals surface area contributed by atoms with E-state index in [4.69, 9.17) is 4.42 Å². The number of nitrogens with one attached hydrogen (secondary N) is 2. The number of anilines is 1. The van der Waals surface area contributed by atoms with Crippen LogP contribution in [0.25, 0.3) is 6.08 Å². The molecule has 0 aliphatic heterocycles. The van der Waals surface area contributed by atoms with Gasteiger partial charge in [0.1, 0.15) is 17.2 Å². The summed E-state index contributed by atoms with van der Waals surface area (Å²) in [5.74, 6) is 0.407. The van der Waals surface area contributed by atoms with E-state index in [1.165, 1.54) is 6.08 Å². The van der Waals surface area contributed by atoms with Crippen LogP contribution >= 0.6 is 0 Å². The molecule has 0 aliphatic carbocycles. The standard InChI is InChI=1S/C23H22N2O3/c1-15-6-4-8-18(12-15)22(26)25-21(14-20-11-10-17(3)28-20)23(27)24-19-9-5-7-16(2)13-19/h4-14H,1-3H3,(H,24,27)(H,25,26)/b21-14+. The molecule has 3 aromatic rings. The Morgan fingerprint density at radius 2 is 1.61 bits per heavy atom. The Kier molecular flexibility index (Phi) is 5.75. The minimum atomic E-state index is -0.430. The lowest BCUT2D eigenvalue weighted by atomic mass is 10.1. The van der Waals surface area contributed by atoms with Crippen LogP contribution in [0.3, 0.4) is 0 Å². The Morgan fingerprint density at radius 1 is 0.893 bits per heavy atom. The van der Waals surface area contributed by atoms with Crippen LogP contribution in [-0.2, 0) is 4.79 Å². The lowest BCUT2D eigenvalue weighted by molar-refractivity contribution is -0.113. The topological polar surface area (TPSA) is 71.3 Å². The zero-order valence-corrected chi connectivity index (χ0v) is 16.1. The Bertz CT molecular complexity index is 1050. The molecule has 0 spiro atoms. The van der Waals surface area contributed by atoms with Crippen molar-refractivity contribution in [1.29, 1.82) is 0 Å².